The number of rotatable bonds is 2. The van der Waals surface area contributed by atoms with E-state index in [1.165, 1.54) is 4.68 Å². The smallest absolute Gasteiger partial charge is 0.314 e. The van der Waals surface area contributed by atoms with Crippen LogP contribution in [0.4, 0.5) is 0 Å². The van der Waals surface area contributed by atoms with Gasteiger partial charge in [-0.2, -0.15) is 9.78 Å². The number of nitrogens with zero attached hydrogens (tertiary/aromatic N) is 2. The first-order valence-electron chi connectivity index (χ1n) is 6.81. The average molecular weight is 283 g/mol. The lowest BCUT2D eigenvalue weighted by Gasteiger charge is -2.00. The normalized spacial score (nSPS) is 11.2. The van der Waals surface area contributed by atoms with E-state index in [2.05, 4.69) is 5.10 Å². The maximum Gasteiger partial charge on any atom is 0.314 e. The summed E-state index contributed by atoms with van der Waals surface area (Å²) in [6.07, 6.45) is 0. The van der Waals surface area contributed by atoms with Crippen molar-refractivity contribution in [3.05, 3.63) is 52.5 Å². The largest absolute Gasteiger partial charge is 0.451 e. The SMILES string of the molecule is Cc1ccc2cc(C(=O)n3nc(C)c(CN)c3C)oc2c1. The van der Waals surface area contributed by atoms with E-state index in [1.54, 1.807) is 6.07 Å². The number of hydrogen-bond acceptors (Lipinski definition) is 4. The molecule has 0 aliphatic rings. The molecule has 21 heavy (non-hydrogen) atoms. The highest BCUT2D eigenvalue weighted by molar-refractivity contribution is 5.97. The first-order valence-corrected chi connectivity index (χ1v) is 6.81. The molecule has 108 valence electrons. The van der Waals surface area contributed by atoms with E-state index in [1.807, 2.05) is 39.0 Å². The van der Waals surface area contributed by atoms with Crippen LogP contribution in [0.1, 0.15) is 33.1 Å². The second-order valence-corrected chi connectivity index (χ2v) is 5.22. The van der Waals surface area contributed by atoms with E-state index in [0.717, 1.165) is 27.9 Å². The van der Waals surface area contributed by atoms with Crippen LogP contribution in [-0.2, 0) is 6.54 Å². The molecule has 0 bridgehead atoms. The Labute approximate surface area is 122 Å². The molecule has 0 radical (unpaired) electrons. The van der Waals surface area contributed by atoms with E-state index in [4.69, 9.17) is 10.2 Å². The van der Waals surface area contributed by atoms with Crippen molar-refractivity contribution in [1.82, 2.24) is 9.78 Å². The van der Waals surface area contributed by atoms with Gasteiger partial charge in [0.15, 0.2) is 5.76 Å². The molecule has 0 amide bonds. The fourth-order valence-electron chi connectivity index (χ4n) is 2.52. The number of furan rings is 1. The minimum atomic E-state index is -0.274. The zero-order valence-electron chi connectivity index (χ0n) is 12.3. The lowest BCUT2D eigenvalue weighted by Crippen LogP contribution is -2.15. The van der Waals surface area contributed by atoms with Crippen LogP contribution in [0.25, 0.3) is 11.0 Å². The predicted octanol–water partition coefficient (Wildman–Crippen LogP) is 2.70. The summed E-state index contributed by atoms with van der Waals surface area (Å²) in [5.41, 5.74) is 9.92. The van der Waals surface area contributed by atoms with Crippen molar-refractivity contribution in [2.45, 2.75) is 27.3 Å². The number of fused-ring (bicyclic) bond motifs is 1. The Morgan fingerprint density at radius 3 is 2.71 bits per heavy atom. The van der Waals surface area contributed by atoms with Gasteiger partial charge in [-0.1, -0.05) is 12.1 Å². The van der Waals surface area contributed by atoms with Gasteiger partial charge in [0.25, 0.3) is 0 Å². The van der Waals surface area contributed by atoms with Gasteiger partial charge in [0.2, 0.25) is 0 Å². The van der Waals surface area contributed by atoms with Gasteiger partial charge in [0.05, 0.1) is 5.69 Å². The first-order chi connectivity index (χ1) is 10.0. The van der Waals surface area contributed by atoms with Gasteiger partial charge < -0.3 is 10.2 Å². The molecule has 0 saturated heterocycles. The van der Waals surface area contributed by atoms with Gasteiger partial charge in [0.1, 0.15) is 5.58 Å². The number of carbonyl (C=O) groups is 1. The van der Waals surface area contributed by atoms with Crippen LogP contribution in [0.2, 0.25) is 0 Å². The summed E-state index contributed by atoms with van der Waals surface area (Å²) < 4.78 is 7.02. The fraction of sp³-hybridized carbons (Fsp3) is 0.250. The molecule has 2 aromatic heterocycles. The summed E-state index contributed by atoms with van der Waals surface area (Å²) in [7, 11) is 0. The highest BCUT2D eigenvalue weighted by Gasteiger charge is 2.20. The van der Waals surface area contributed by atoms with E-state index < -0.39 is 0 Å². The molecule has 0 aliphatic heterocycles. The summed E-state index contributed by atoms with van der Waals surface area (Å²) in [5, 5.41) is 5.18. The van der Waals surface area contributed by atoms with Crippen LogP contribution in [0.3, 0.4) is 0 Å². The molecule has 3 aromatic rings. The molecule has 5 nitrogen and oxygen atoms in total. The number of nitrogens with two attached hydrogens (primary N) is 1. The van der Waals surface area contributed by atoms with Crippen molar-refractivity contribution in [3.63, 3.8) is 0 Å². The molecule has 0 aliphatic carbocycles. The van der Waals surface area contributed by atoms with Crippen LogP contribution >= 0.6 is 0 Å². The van der Waals surface area contributed by atoms with Gasteiger partial charge >= 0.3 is 5.91 Å². The van der Waals surface area contributed by atoms with Crippen LogP contribution < -0.4 is 5.73 Å². The number of benzene rings is 1. The Morgan fingerprint density at radius 2 is 2.05 bits per heavy atom. The van der Waals surface area contributed by atoms with Crippen LogP contribution in [0.15, 0.2) is 28.7 Å². The van der Waals surface area contributed by atoms with Crippen molar-refractivity contribution < 1.29 is 9.21 Å². The van der Waals surface area contributed by atoms with Crippen LogP contribution in [-0.4, -0.2) is 15.7 Å². The second kappa shape index (κ2) is 4.86. The minimum absolute atomic E-state index is 0.274. The molecule has 1 aromatic carbocycles. The van der Waals surface area contributed by atoms with Crippen molar-refractivity contribution in [2.24, 2.45) is 5.73 Å². The summed E-state index contributed by atoms with van der Waals surface area (Å²) in [6.45, 7) is 6.04. The molecular formula is C16H17N3O2. The molecule has 5 heteroatoms. The Bertz CT molecular complexity index is 843. The predicted molar refractivity (Wildman–Crippen MR) is 80.3 cm³/mol. The molecular weight excluding hydrogens is 266 g/mol. The third-order valence-corrected chi connectivity index (χ3v) is 3.72. The molecule has 3 rings (SSSR count). The van der Waals surface area contributed by atoms with Crippen molar-refractivity contribution in [3.8, 4) is 0 Å². The Morgan fingerprint density at radius 1 is 1.29 bits per heavy atom. The van der Waals surface area contributed by atoms with Gasteiger partial charge in [-0.25, -0.2) is 0 Å². The molecule has 0 saturated carbocycles. The van der Waals surface area contributed by atoms with Crippen molar-refractivity contribution >= 4 is 16.9 Å². The van der Waals surface area contributed by atoms with Gasteiger partial charge in [-0.3, -0.25) is 4.79 Å². The summed E-state index contributed by atoms with van der Waals surface area (Å²) in [6, 6.07) is 7.59. The first kappa shape index (κ1) is 13.6. The van der Waals surface area contributed by atoms with Gasteiger partial charge in [-0.05, 0) is 38.5 Å². The lowest BCUT2D eigenvalue weighted by molar-refractivity contribution is 0.0916. The van der Waals surface area contributed by atoms with E-state index in [-0.39, 0.29) is 11.7 Å². The second-order valence-electron chi connectivity index (χ2n) is 5.22. The van der Waals surface area contributed by atoms with E-state index in [9.17, 15) is 4.79 Å². The quantitative estimate of drug-likeness (QED) is 0.784. The third-order valence-electron chi connectivity index (χ3n) is 3.72. The lowest BCUT2D eigenvalue weighted by atomic mass is 10.2. The number of aryl methyl sites for hydroxylation is 2. The van der Waals surface area contributed by atoms with Crippen molar-refractivity contribution in [1.29, 1.82) is 0 Å². The highest BCUT2D eigenvalue weighted by atomic mass is 16.3. The van der Waals surface area contributed by atoms with Crippen LogP contribution in [0.5, 0.6) is 0 Å². The average Bonchev–Trinajstić information content (AvgIpc) is 2.98. The van der Waals surface area contributed by atoms with Gasteiger partial charge in [-0.15, -0.1) is 0 Å². The highest BCUT2D eigenvalue weighted by Crippen LogP contribution is 2.22. The fourth-order valence-corrected chi connectivity index (χ4v) is 2.52. The Kier molecular flexibility index (Phi) is 3.14. The Hall–Kier alpha value is -2.40. The van der Waals surface area contributed by atoms with E-state index >= 15 is 0 Å². The maximum atomic E-state index is 12.6. The molecule has 0 spiro atoms. The topological polar surface area (TPSA) is 74.0 Å². The molecule has 2 N–H and O–H groups in total. The summed E-state index contributed by atoms with van der Waals surface area (Å²) in [4.78, 5) is 12.6. The minimum Gasteiger partial charge on any atom is -0.451 e. The molecule has 0 unspecified atom stereocenters. The van der Waals surface area contributed by atoms with Gasteiger partial charge in [0, 0.05) is 23.2 Å². The maximum absolute atomic E-state index is 12.6. The van der Waals surface area contributed by atoms with E-state index in [0.29, 0.717) is 12.1 Å². The molecule has 0 fully saturated rings. The number of hydrogen-bond donors (Lipinski definition) is 1. The zero-order valence-corrected chi connectivity index (χ0v) is 12.3. The van der Waals surface area contributed by atoms with Crippen LogP contribution in [0, 0.1) is 20.8 Å². The number of carbonyl (C=O) groups excluding carboxylic acids is 1. The van der Waals surface area contributed by atoms with Crippen molar-refractivity contribution in [2.75, 3.05) is 0 Å². The standard InChI is InChI=1S/C16H17N3O2/c1-9-4-5-12-7-15(21-14(12)6-9)16(20)19-11(3)13(8-17)10(2)18-19/h4-7H,8,17H2,1-3H3. The monoisotopic (exact) mass is 283 g/mol. The third kappa shape index (κ3) is 2.15. The summed E-state index contributed by atoms with van der Waals surface area (Å²) in [5.74, 6) is 0.00826. The number of aromatic nitrogens is 2. The summed E-state index contributed by atoms with van der Waals surface area (Å²) >= 11 is 0. The molecule has 0 atom stereocenters. The molecule has 2 heterocycles. The zero-order chi connectivity index (χ0) is 15.1. The Balaban J connectivity index is 2.08.